The summed E-state index contributed by atoms with van der Waals surface area (Å²) in [5.41, 5.74) is 0.374. The Hall–Kier alpha value is -0.0800. The number of ether oxygens (including phenoxy) is 2. The molecule has 0 radical (unpaired) electrons. The number of rotatable bonds is 5. The molecular weight excluding hydrogens is 393 g/mol. The Balaban J connectivity index is 0.00000176. The van der Waals surface area contributed by atoms with Crippen LogP contribution in [0.5, 0.6) is 0 Å². The van der Waals surface area contributed by atoms with Crippen LogP contribution < -0.4 is 10.6 Å². The number of nitrogens with one attached hydrogen (secondary N) is 2. The molecule has 2 saturated carbocycles. The lowest BCUT2D eigenvalue weighted by atomic mass is 9.54. The summed E-state index contributed by atoms with van der Waals surface area (Å²) in [4.78, 5) is 4.62. The van der Waals surface area contributed by atoms with Gasteiger partial charge in [-0.15, -0.1) is 24.0 Å². The normalized spacial score (nSPS) is 32.3. The van der Waals surface area contributed by atoms with Crippen LogP contribution in [-0.2, 0) is 9.47 Å². The zero-order valence-electron chi connectivity index (χ0n) is 13.8. The lowest BCUT2D eigenvalue weighted by Gasteiger charge is -2.57. The van der Waals surface area contributed by atoms with Gasteiger partial charge < -0.3 is 20.1 Å². The van der Waals surface area contributed by atoms with E-state index in [1.54, 1.807) is 7.11 Å². The number of nitrogens with zero attached hydrogens (tertiary/aromatic N) is 1. The largest absolute Gasteiger partial charge is 0.383 e. The molecule has 6 heteroatoms. The van der Waals surface area contributed by atoms with Crippen molar-refractivity contribution in [2.45, 2.75) is 51.2 Å². The van der Waals surface area contributed by atoms with Gasteiger partial charge in [-0.05, 0) is 26.2 Å². The summed E-state index contributed by atoms with van der Waals surface area (Å²) in [6.45, 7) is 5.31. The van der Waals surface area contributed by atoms with E-state index in [4.69, 9.17) is 9.47 Å². The standard InChI is InChI=1S/C16H29N3O2.HI/c1-3-17-15(18-9-11-20-2)19-13-12-6-10-21-14(12)16(13)7-4-5-8-16;/h12-14H,3-11H2,1-2H3,(H2,17,18,19);1H. The van der Waals surface area contributed by atoms with Crippen molar-refractivity contribution in [3.8, 4) is 0 Å². The van der Waals surface area contributed by atoms with Gasteiger partial charge in [0.15, 0.2) is 5.96 Å². The summed E-state index contributed by atoms with van der Waals surface area (Å²) in [7, 11) is 1.72. The Morgan fingerprint density at radius 3 is 2.82 bits per heavy atom. The van der Waals surface area contributed by atoms with Gasteiger partial charge in [-0.3, -0.25) is 4.99 Å². The van der Waals surface area contributed by atoms with Crippen molar-refractivity contribution in [2.75, 3.05) is 33.4 Å². The van der Waals surface area contributed by atoms with Crippen molar-refractivity contribution < 1.29 is 9.47 Å². The molecule has 2 aliphatic carbocycles. The van der Waals surface area contributed by atoms with Gasteiger partial charge in [-0.1, -0.05) is 12.8 Å². The number of guanidine groups is 1. The highest BCUT2D eigenvalue weighted by molar-refractivity contribution is 14.0. The molecular formula is C16H30IN3O2. The molecule has 1 heterocycles. The Morgan fingerprint density at radius 2 is 2.14 bits per heavy atom. The Kier molecular flexibility index (Phi) is 6.76. The van der Waals surface area contributed by atoms with Crippen molar-refractivity contribution in [1.82, 2.24) is 10.6 Å². The highest BCUT2D eigenvalue weighted by Crippen LogP contribution is 2.60. The minimum Gasteiger partial charge on any atom is -0.383 e. The maximum Gasteiger partial charge on any atom is 0.191 e. The third-order valence-electron chi connectivity index (χ3n) is 5.49. The van der Waals surface area contributed by atoms with Gasteiger partial charge in [-0.25, -0.2) is 0 Å². The fraction of sp³-hybridized carbons (Fsp3) is 0.938. The van der Waals surface area contributed by atoms with Gasteiger partial charge in [0.25, 0.3) is 0 Å². The zero-order chi connectivity index (χ0) is 14.7. The van der Waals surface area contributed by atoms with E-state index in [1.165, 1.54) is 32.1 Å². The van der Waals surface area contributed by atoms with Crippen molar-refractivity contribution in [3.05, 3.63) is 0 Å². The Bertz CT molecular complexity index is 386. The van der Waals surface area contributed by atoms with Crippen LogP contribution in [0, 0.1) is 11.3 Å². The summed E-state index contributed by atoms with van der Waals surface area (Å²) in [6, 6.07) is 0.535. The average Bonchev–Trinajstić information content (AvgIpc) is 3.13. The molecule has 1 saturated heterocycles. The van der Waals surface area contributed by atoms with E-state index in [0.717, 1.165) is 19.1 Å². The monoisotopic (exact) mass is 423 g/mol. The smallest absolute Gasteiger partial charge is 0.191 e. The molecule has 5 nitrogen and oxygen atoms in total. The molecule has 1 aliphatic heterocycles. The summed E-state index contributed by atoms with van der Waals surface area (Å²) in [5, 5.41) is 7.09. The van der Waals surface area contributed by atoms with E-state index in [1.807, 2.05) is 0 Å². The molecule has 0 aromatic heterocycles. The number of hydrogen-bond donors (Lipinski definition) is 2. The summed E-state index contributed by atoms with van der Waals surface area (Å²) in [5.74, 6) is 1.62. The quantitative estimate of drug-likeness (QED) is 0.308. The van der Waals surface area contributed by atoms with E-state index in [-0.39, 0.29) is 24.0 Å². The minimum absolute atomic E-state index is 0. The molecule has 0 bridgehead atoms. The van der Waals surface area contributed by atoms with Gasteiger partial charge in [0.05, 0.1) is 19.3 Å². The number of aliphatic imine (C=N–C) groups is 1. The number of hydrogen-bond acceptors (Lipinski definition) is 3. The first-order valence-corrected chi connectivity index (χ1v) is 8.47. The molecule has 3 aliphatic rings. The highest BCUT2D eigenvalue weighted by atomic mass is 127. The minimum atomic E-state index is 0. The van der Waals surface area contributed by atoms with Crippen molar-refractivity contribution >= 4 is 29.9 Å². The van der Waals surface area contributed by atoms with E-state index in [0.29, 0.717) is 36.6 Å². The first-order valence-electron chi connectivity index (χ1n) is 8.47. The van der Waals surface area contributed by atoms with Gasteiger partial charge >= 0.3 is 0 Å². The molecule has 3 rings (SSSR count). The molecule has 3 unspecified atom stereocenters. The van der Waals surface area contributed by atoms with E-state index < -0.39 is 0 Å². The van der Waals surface area contributed by atoms with E-state index >= 15 is 0 Å². The number of fused-ring (bicyclic) bond motifs is 2. The first kappa shape index (κ1) is 18.3. The van der Waals surface area contributed by atoms with Gasteiger partial charge in [0.2, 0.25) is 0 Å². The average molecular weight is 423 g/mol. The van der Waals surface area contributed by atoms with E-state index in [9.17, 15) is 0 Å². The van der Waals surface area contributed by atoms with Gasteiger partial charge in [0, 0.05) is 37.6 Å². The van der Waals surface area contributed by atoms with Crippen LogP contribution in [0.4, 0.5) is 0 Å². The zero-order valence-corrected chi connectivity index (χ0v) is 16.1. The van der Waals surface area contributed by atoms with Crippen LogP contribution in [0.15, 0.2) is 4.99 Å². The molecule has 1 spiro atoms. The maximum absolute atomic E-state index is 6.04. The first-order chi connectivity index (χ1) is 10.3. The maximum atomic E-state index is 6.04. The number of methoxy groups -OCH3 is 1. The fourth-order valence-corrected chi connectivity index (χ4v) is 4.62. The second kappa shape index (κ2) is 8.15. The van der Waals surface area contributed by atoms with Crippen LogP contribution in [0.3, 0.4) is 0 Å². The lowest BCUT2D eigenvalue weighted by molar-refractivity contribution is -0.125. The molecule has 0 amide bonds. The van der Waals surface area contributed by atoms with Gasteiger partial charge in [-0.2, -0.15) is 0 Å². The van der Waals surface area contributed by atoms with Crippen molar-refractivity contribution in [1.29, 1.82) is 0 Å². The summed E-state index contributed by atoms with van der Waals surface area (Å²) in [6.07, 6.45) is 7.01. The molecule has 0 aromatic carbocycles. The van der Waals surface area contributed by atoms with Gasteiger partial charge in [0.1, 0.15) is 0 Å². The molecule has 2 N–H and O–H groups in total. The van der Waals surface area contributed by atoms with Crippen LogP contribution in [-0.4, -0.2) is 51.5 Å². The predicted octanol–water partition coefficient (Wildman–Crippen LogP) is 2.15. The van der Waals surface area contributed by atoms with Crippen LogP contribution in [0.25, 0.3) is 0 Å². The highest BCUT2D eigenvalue weighted by Gasteiger charge is 2.65. The third-order valence-corrected chi connectivity index (χ3v) is 5.49. The van der Waals surface area contributed by atoms with Crippen LogP contribution in [0.2, 0.25) is 0 Å². The Morgan fingerprint density at radius 1 is 1.36 bits per heavy atom. The molecule has 22 heavy (non-hydrogen) atoms. The van der Waals surface area contributed by atoms with Crippen molar-refractivity contribution in [3.63, 3.8) is 0 Å². The third kappa shape index (κ3) is 3.24. The Labute approximate surface area is 151 Å². The van der Waals surface area contributed by atoms with Crippen LogP contribution in [0.1, 0.15) is 39.0 Å². The SMILES string of the molecule is CCNC(=NCCOC)NC1C2CCOC2C12CCCC2.I. The second-order valence-corrected chi connectivity index (χ2v) is 6.56. The summed E-state index contributed by atoms with van der Waals surface area (Å²) < 4.78 is 11.1. The topological polar surface area (TPSA) is 54.9 Å². The lowest BCUT2D eigenvalue weighted by Crippen LogP contribution is -2.69. The summed E-state index contributed by atoms with van der Waals surface area (Å²) >= 11 is 0. The van der Waals surface area contributed by atoms with E-state index in [2.05, 4.69) is 22.5 Å². The van der Waals surface area contributed by atoms with Crippen molar-refractivity contribution in [2.24, 2.45) is 16.3 Å². The molecule has 3 fully saturated rings. The predicted molar refractivity (Wildman–Crippen MR) is 98.9 cm³/mol. The molecule has 3 atom stereocenters. The number of halogens is 1. The second-order valence-electron chi connectivity index (χ2n) is 6.56. The molecule has 0 aromatic rings. The fourth-order valence-electron chi connectivity index (χ4n) is 4.62. The van der Waals surface area contributed by atoms with Crippen LogP contribution >= 0.6 is 24.0 Å². The molecule has 128 valence electrons.